The van der Waals surface area contributed by atoms with Crippen LogP contribution in [0, 0.1) is 0 Å². The molecule has 25 heavy (non-hydrogen) atoms. The molecule has 1 aliphatic rings. The number of nitrogens with zero attached hydrogens (tertiary/aromatic N) is 1. The number of nitrogens with one attached hydrogen (secondary N) is 1. The van der Waals surface area contributed by atoms with Gasteiger partial charge in [-0.2, -0.15) is 0 Å². The summed E-state index contributed by atoms with van der Waals surface area (Å²) in [5, 5.41) is 2.66. The smallest absolute Gasteiger partial charge is 0.410 e. The first-order valence-corrected chi connectivity index (χ1v) is 8.85. The number of carbonyl (C=O) groups is 3. The highest BCUT2D eigenvalue weighted by atomic mass is 16.6. The Hall–Kier alpha value is -1.79. The second kappa shape index (κ2) is 8.54. The van der Waals surface area contributed by atoms with Gasteiger partial charge in [0.15, 0.2) is 0 Å². The van der Waals surface area contributed by atoms with E-state index < -0.39 is 23.4 Å². The fourth-order valence-corrected chi connectivity index (χ4v) is 2.57. The van der Waals surface area contributed by atoms with Gasteiger partial charge in [0.25, 0.3) is 0 Å². The number of hydrogen-bond donors (Lipinski definition) is 1. The number of rotatable bonds is 4. The van der Waals surface area contributed by atoms with Crippen LogP contribution in [0.15, 0.2) is 0 Å². The third kappa shape index (κ3) is 8.74. The first-order chi connectivity index (χ1) is 11.4. The molecule has 1 fully saturated rings. The first kappa shape index (κ1) is 21.3. The maximum Gasteiger partial charge on any atom is 0.410 e. The first-order valence-electron chi connectivity index (χ1n) is 8.85. The van der Waals surface area contributed by atoms with E-state index in [0.717, 1.165) is 0 Å². The Labute approximate surface area is 150 Å². The van der Waals surface area contributed by atoms with Crippen LogP contribution in [0.4, 0.5) is 9.59 Å². The van der Waals surface area contributed by atoms with Crippen LogP contribution in [-0.2, 0) is 14.3 Å². The highest BCUT2D eigenvalue weighted by Gasteiger charge is 2.31. The molecule has 0 unspecified atom stereocenters. The van der Waals surface area contributed by atoms with E-state index >= 15 is 0 Å². The summed E-state index contributed by atoms with van der Waals surface area (Å²) in [6, 6.07) is -0.0482. The SMILES string of the molecule is CC(C)(C)OC(=O)NCCN(C(=O)OC(C)(C)C)C1CCC(=O)CC1. The van der Waals surface area contributed by atoms with E-state index in [1.165, 1.54) is 0 Å². The predicted molar refractivity (Wildman–Crippen MR) is 94.4 cm³/mol. The van der Waals surface area contributed by atoms with Crippen LogP contribution in [0.5, 0.6) is 0 Å². The fraction of sp³-hybridized carbons (Fsp3) is 0.833. The third-order valence-corrected chi connectivity index (χ3v) is 3.60. The van der Waals surface area contributed by atoms with Crippen molar-refractivity contribution >= 4 is 18.0 Å². The summed E-state index contributed by atoms with van der Waals surface area (Å²) < 4.78 is 10.7. The van der Waals surface area contributed by atoms with Crippen molar-refractivity contribution in [1.82, 2.24) is 10.2 Å². The molecule has 7 nitrogen and oxygen atoms in total. The van der Waals surface area contributed by atoms with Gasteiger partial charge in [0.2, 0.25) is 0 Å². The van der Waals surface area contributed by atoms with Gasteiger partial charge in [0.1, 0.15) is 17.0 Å². The van der Waals surface area contributed by atoms with Crippen molar-refractivity contribution in [2.45, 2.75) is 84.5 Å². The lowest BCUT2D eigenvalue weighted by Crippen LogP contribution is -2.48. The molecule has 144 valence electrons. The Bertz CT molecular complexity index is 481. The van der Waals surface area contributed by atoms with Gasteiger partial charge >= 0.3 is 12.2 Å². The van der Waals surface area contributed by atoms with E-state index in [0.29, 0.717) is 32.2 Å². The molecule has 1 aliphatic carbocycles. The zero-order chi connectivity index (χ0) is 19.3. The van der Waals surface area contributed by atoms with Gasteiger partial charge in [0, 0.05) is 32.0 Å². The molecule has 0 bridgehead atoms. The molecule has 0 radical (unpaired) electrons. The highest BCUT2D eigenvalue weighted by Crippen LogP contribution is 2.22. The van der Waals surface area contributed by atoms with Gasteiger partial charge in [-0.1, -0.05) is 0 Å². The van der Waals surface area contributed by atoms with Crippen molar-refractivity contribution < 1.29 is 23.9 Å². The van der Waals surface area contributed by atoms with Crippen LogP contribution in [0.25, 0.3) is 0 Å². The Morgan fingerprint density at radius 2 is 1.56 bits per heavy atom. The molecular formula is C18H32N2O5. The predicted octanol–water partition coefficient (Wildman–Crippen LogP) is 3.26. The van der Waals surface area contributed by atoms with Crippen molar-refractivity contribution in [3.05, 3.63) is 0 Å². The van der Waals surface area contributed by atoms with E-state index in [2.05, 4.69) is 5.32 Å². The van der Waals surface area contributed by atoms with Crippen molar-refractivity contribution in [2.24, 2.45) is 0 Å². The zero-order valence-corrected chi connectivity index (χ0v) is 16.3. The number of Topliss-reactive ketones (excluding diaryl/α,β-unsaturated/α-hetero) is 1. The van der Waals surface area contributed by atoms with Crippen LogP contribution >= 0.6 is 0 Å². The van der Waals surface area contributed by atoms with Crippen LogP contribution in [0.1, 0.15) is 67.2 Å². The summed E-state index contributed by atoms with van der Waals surface area (Å²) in [4.78, 5) is 37.3. The number of carbonyl (C=O) groups excluding carboxylic acids is 3. The minimum Gasteiger partial charge on any atom is -0.444 e. The van der Waals surface area contributed by atoms with Crippen molar-refractivity contribution in [1.29, 1.82) is 0 Å². The van der Waals surface area contributed by atoms with Gasteiger partial charge in [-0.25, -0.2) is 9.59 Å². The summed E-state index contributed by atoms with van der Waals surface area (Å²) in [6.45, 7) is 11.4. The molecule has 0 aromatic carbocycles. The summed E-state index contributed by atoms with van der Waals surface area (Å²) in [5.74, 6) is 0.229. The van der Waals surface area contributed by atoms with E-state index in [-0.39, 0.29) is 18.4 Å². The minimum absolute atomic E-state index is 0.0482. The van der Waals surface area contributed by atoms with Crippen molar-refractivity contribution in [2.75, 3.05) is 13.1 Å². The lowest BCUT2D eigenvalue weighted by molar-refractivity contribution is -0.121. The van der Waals surface area contributed by atoms with Crippen molar-refractivity contribution in [3.63, 3.8) is 0 Å². The summed E-state index contributed by atoms with van der Waals surface area (Å²) in [7, 11) is 0. The summed E-state index contributed by atoms with van der Waals surface area (Å²) in [5.41, 5.74) is -1.17. The zero-order valence-electron chi connectivity index (χ0n) is 16.3. The second-order valence-corrected chi connectivity index (χ2v) is 8.37. The molecule has 0 spiro atoms. The number of alkyl carbamates (subject to hydrolysis) is 1. The summed E-state index contributed by atoms with van der Waals surface area (Å²) in [6.07, 6.45) is 1.27. The minimum atomic E-state index is -0.599. The molecule has 0 atom stereocenters. The Morgan fingerprint density at radius 1 is 1.04 bits per heavy atom. The number of ketones is 1. The molecule has 0 saturated heterocycles. The van der Waals surface area contributed by atoms with Crippen molar-refractivity contribution in [3.8, 4) is 0 Å². The molecule has 0 aromatic rings. The van der Waals surface area contributed by atoms with Crippen LogP contribution in [0.3, 0.4) is 0 Å². The molecule has 2 amide bonds. The van der Waals surface area contributed by atoms with Crippen LogP contribution in [-0.4, -0.2) is 53.2 Å². The fourth-order valence-electron chi connectivity index (χ4n) is 2.57. The molecule has 0 aliphatic heterocycles. The maximum absolute atomic E-state index is 12.5. The average Bonchev–Trinajstić information content (AvgIpc) is 2.41. The highest BCUT2D eigenvalue weighted by molar-refractivity contribution is 5.79. The number of amides is 2. The molecule has 1 rings (SSSR count). The quantitative estimate of drug-likeness (QED) is 0.836. The Balaban J connectivity index is 2.63. The van der Waals surface area contributed by atoms with Crippen LogP contribution in [0.2, 0.25) is 0 Å². The second-order valence-electron chi connectivity index (χ2n) is 8.37. The van der Waals surface area contributed by atoms with Gasteiger partial charge in [-0.15, -0.1) is 0 Å². The summed E-state index contributed by atoms with van der Waals surface area (Å²) >= 11 is 0. The van der Waals surface area contributed by atoms with E-state index in [1.807, 2.05) is 20.8 Å². The number of hydrogen-bond acceptors (Lipinski definition) is 5. The van der Waals surface area contributed by atoms with E-state index in [1.54, 1.807) is 25.7 Å². The molecule has 7 heteroatoms. The van der Waals surface area contributed by atoms with Gasteiger partial charge in [-0.3, -0.25) is 4.79 Å². The Morgan fingerprint density at radius 3 is 2.04 bits per heavy atom. The lowest BCUT2D eigenvalue weighted by atomic mass is 9.93. The molecule has 1 N–H and O–H groups in total. The average molecular weight is 356 g/mol. The molecular weight excluding hydrogens is 324 g/mol. The standard InChI is InChI=1S/C18H32N2O5/c1-17(2,3)24-15(22)19-11-12-20(16(23)25-18(4,5)6)13-7-9-14(21)10-8-13/h13H,7-12H2,1-6H3,(H,19,22). The van der Waals surface area contributed by atoms with Gasteiger partial charge in [-0.05, 0) is 54.4 Å². The topological polar surface area (TPSA) is 84.9 Å². The normalized spacial score (nSPS) is 16.3. The number of ether oxygens (including phenoxy) is 2. The molecule has 0 aromatic heterocycles. The van der Waals surface area contributed by atoms with Gasteiger partial charge in [0.05, 0.1) is 0 Å². The van der Waals surface area contributed by atoms with E-state index in [4.69, 9.17) is 9.47 Å². The largest absolute Gasteiger partial charge is 0.444 e. The molecule has 0 heterocycles. The Kier molecular flexibility index (Phi) is 7.26. The van der Waals surface area contributed by atoms with E-state index in [9.17, 15) is 14.4 Å². The maximum atomic E-state index is 12.5. The monoisotopic (exact) mass is 356 g/mol. The third-order valence-electron chi connectivity index (χ3n) is 3.60. The van der Waals surface area contributed by atoms with Gasteiger partial charge < -0.3 is 19.7 Å². The van der Waals surface area contributed by atoms with Crippen LogP contribution < -0.4 is 5.32 Å². The lowest BCUT2D eigenvalue weighted by Gasteiger charge is -2.35. The molecule has 1 saturated carbocycles.